The number of nitrogens with zero attached hydrogens (tertiary/aromatic N) is 1. The molecule has 144 valence electrons. The maximum Gasteiger partial charge on any atom is 0.255 e. The number of anilines is 1. The first-order valence-electron chi connectivity index (χ1n) is 8.98. The van der Waals surface area contributed by atoms with Crippen molar-refractivity contribution in [2.45, 2.75) is 36.0 Å². The summed E-state index contributed by atoms with van der Waals surface area (Å²) in [6, 6.07) is 12.2. The van der Waals surface area contributed by atoms with Gasteiger partial charge < -0.3 is 5.32 Å². The average Bonchev–Trinajstić information content (AvgIpc) is 2.69. The number of rotatable bonds is 5. The first-order valence-corrected chi connectivity index (χ1v) is 11.6. The molecule has 0 aliphatic carbocycles. The van der Waals surface area contributed by atoms with Gasteiger partial charge in [0.05, 0.1) is 4.90 Å². The predicted molar refractivity (Wildman–Crippen MR) is 110 cm³/mol. The lowest BCUT2D eigenvalue weighted by atomic mass is 10.1. The number of thioether (sulfide) groups is 1. The number of piperidine rings is 1. The molecule has 0 aromatic heterocycles. The summed E-state index contributed by atoms with van der Waals surface area (Å²) in [5.74, 6) is -0.240. The van der Waals surface area contributed by atoms with E-state index >= 15 is 0 Å². The SMILES string of the molecule is CSc1ccc(C)c(C(=O)Nc2cccc(S(=O)(=O)N3CCCCC3)c2)c1. The molecule has 0 unspecified atom stereocenters. The molecule has 0 atom stereocenters. The van der Waals surface area contributed by atoms with Gasteiger partial charge in [0.1, 0.15) is 0 Å². The van der Waals surface area contributed by atoms with Crippen LogP contribution in [0.2, 0.25) is 0 Å². The fourth-order valence-electron chi connectivity index (χ4n) is 3.16. The maximum absolute atomic E-state index is 12.8. The van der Waals surface area contributed by atoms with Crippen molar-refractivity contribution in [2.75, 3.05) is 24.7 Å². The van der Waals surface area contributed by atoms with Crippen molar-refractivity contribution in [3.05, 3.63) is 53.6 Å². The largest absolute Gasteiger partial charge is 0.322 e. The summed E-state index contributed by atoms with van der Waals surface area (Å²) in [6.07, 6.45) is 4.80. The molecule has 0 radical (unpaired) electrons. The number of hydrogen-bond acceptors (Lipinski definition) is 4. The number of carbonyl (C=O) groups is 1. The zero-order valence-electron chi connectivity index (χ0n) is 15.6. The second-order valence-corrected chi connectivity index (χ2v) is 9.45. The van der Waals surface area contributed by atoms with Crippen LogP contribution in [-0.4, -0.2) is 38.0 Å². The van der Waals surface area contributed by atoms with Crippen molar-refractivity contribution in [2.24, 2.45) is 0 Å². The Balaban J connectivity index is 1.83. The monoisotopic (exact) mass is 404 g/mol. The highest BCUT2D eigenvalue weighted by molar-refractivity contribution is 7.98. The third-order valence-electron chi connectivity index (χ3n) is 4.73. The summed E-state index contributed by atoms with van der Waals surface area (Å²) < 4.78 is 27.2. The zero-order chi connectivity index (χ0) is 19.4. The second kappa shape index (κ2) is 8.46. The van der Waals surface area contributed by atoms with Crippen LogP contribution in [0.5, 0.6) is 0 Å². The van der Waals surface area contributed by atoms with E-state index in [1.54, 1.807) is 30.0 Å². The lowest BCUT2D eigenvalue weighted by molar-refractivity contribution is 0.102. The van der Waals surface area contributed by atoms with E-state index < -0.39 is 10.0 Å². The van der Waals surface area contributed by atoms with Crippen LogP contribution in [0.1, 0.15) is 35.2 Å². The van der Waals surface area contributed by atoms with Crippen molar-refractivity contribution in [3.63, 3.8) is 0 Å². The van der Waals surface area contributed by atoms with Gasteiger partial charge in [-0.2, -0.15) is 4.31 Å². The van der Waals surface area contributed by atoms with Gasteiger partial charge in [0, 0.05) is 29.2 Å². The molecule has 2 aromatic rings. The molecular weight excluding hydrogens is 380 g/mol. The Bertz CT molecular complexity index is 936. The smallest absolute Gasteiger partial charge is 0.255 e. The number of nitrogens with one attached hydrogen (secondary N) is 1. The average molecular weight is 405 g/mol. The van der Waals surface area contributed by atoms with E-state index in [0.717, 1.165) is 29.7 Å². The van der Waals surface area contributed by atoms with Gasteiger partial charge in [0.25, 0.3) is 5.91 Å². The molecule has 1 N–H and O–H groups in total. The van der Waals surface area contributed by atoms with Gasteiger partial charge >= 0.3 is 0 Å². The Morgan fingerprint density at radius 3 is 2.52 bits per heavy atom. The Kier molecular flexibility index (Phi) is 6.24. The van der Waals surface area contributed by atoms with E-state index in [2.05, 4.69) is 5.32 Å². The van der Waals surface area contributed by atoms with E-state index in [0.29, 0.717) is 24.3 Å². The summed E-state index contributed by atoms with van der Waals surface area (Å²) in [6.45, 7) is 3.00. The number of benzene rings is 2. The number of aryl methyl sites for hydroxylation is 1. The first-order chi connectivity index (χ1) is 12.9. The topological polar surface area (TPSA) is 66.5 Å². The molecular formula is C20H24N2O3S2. The molecule has 1 aliphatic heterocycles. The van der Waals surface area contributed by atoms with Gasteiger partial charge in [0.15, 0.2) is 0 Å². The highest BCUT2D eigenvalue weighted by Gasteiger charge is 2.26. The second-order valence-electron chi connectivity index (χ2n) is 6.63. The van der Waals surface area contributed by atoms with Crippen LogP contribution < -0.4 is 5.32 Å². The van der Waals surface area contributed by atoms with Gasteiger partial charge in [0.2, 0.25) is 10.0 Å². The molecule has 1 fully saturated rings. The fourth-order valence-corrected chi connectivity index (χ4v) is 5.16. The van der Waals surface area contributed by atoms with Crippen molar-refractivity contribution >= 4 is 33.4 Å². The van der Waals surface area contributed by atoms with Crippen LogP contribution in [-0.2, 0) is 10.0 Å². The number of amides is 1. The quantitative estimate of drug-likeness (QED) is 0.761. The minimum Gasteiger partial charge on any atom is -0.322 e. The predicted octanol–water partition coefficient (Wildman–Crippen LogP) is 4.14. The van der Waals surface area contributed by atoms with Gasteiger partial charge in [-0.1, -0.05) is 18.6 Å². The third kappa shape index (κ3) is 4.54. The summed E-state index contributed by atoms with van der Waals surface area (Å²) in [7, 11) is -3.53. The Labute approximate surface area is 165 Å². The number of hydrogen-bond donors (Lipinski definition) is 1. The van der Waals surface area contributed by atoms with Crippen molar-refractivity contribution in [1.82, 2.24) is 4.31 Å². The minimum atomic E-state index is -3.53. The standard InChI is InChI=1S/C20H24N2O3S2/c1-15-9-10-17(26-2)14-19(15)20(23)21-16-7-6-8-18(13-16)27(24,25)22-11-4-3-5-12-22/h6-10,13-14H,3-5,11-12H2,1-2H3,(H,21,23). The molecule has 1 aliphatic rings. The molecule has 1 heterocycles. The van der Waals surface area contributed by atoms with E-state index in [1.165, 1.54) is 10.4 Å². The molecule has 5 nitrogen and oxygen atoms in total. The van der Waals surface area contributed by atoms with Gasteiger partial charge in [-0.15, -0.1) is 11.8 Å². The van der Waals surface area contributed by atoms with Crippen LogP contribution >= 0.6 is 11.8 Å². The lowest BCUT2D eigenvalue weighted by Crippen LogP contribution is -2.35. The highest BCUT2D eigenvalue weighted by atomic mass is 32.2. The van der Waals surface area contributed by atoms with Gasteiger partial charge in [-0.3, -0.25) is 4.79 Å². The fraction of sp³-hybridized carbons (Fsp3) is 0.350. The van der Waals surface area contributed by atoms with Crippen LogP contribution in [0.4, 0.5) is 5.69 Å². The molecule has 7 heteroatoms. The Morgan fingerprint density at radius 2 is 1.81 bits per heavy atom. The zero-order valence-corrected chi connectivity index (χ0v) is 17.2. The normalized spacial score (nSPS) is 15.5. The lowest BCUT2D eigenvalue weighted by Gasteiger charge is -2.26. The molecule has 0 spiro atoms. The van der Waals surface area contributed by atoms with Crippen LogP contribution in [0.3, 0.4) is 0 Å². The Morgan fingerprint density at radius 1 is 1.07 bits per heavy atom. The molecule has 0 saturated carbocycles. The Hall–Kier alpha value is -1.83. The van der Waals surface area contributed by atoms with Crippen molar-refractivity contribution in [1.29, 1.82) is 0 Å². The molecule has 1 saturated heterocycles. The maximum atomic E-state index is 12.8. The molecule has 2 aromatic carbocycles. The number of sulfonamides is 1. The van der Waals surface area contributed by atoms with E-state index in [1.807, 2.05) is 31.4 Å². The highest BCUT2D eigenvalue weighted by Crippen LogP contribution is 2.24. The molecule has 0 bridgehead atoms. The van der Waals surface area contributed by atoms with Gasteiger partial charge in [-0.05, 0) is 61.9 Å². The molecule has 3 rings (SSSR count). The van der Waals surface area contributed by atoms with Crippen LogP contribution in [0, 0.1) is 6.92 Å². The minimum absolute atomic E-state index is 0.219. The summed E-state index contributed by atoms with van der Waals surface area (Å²) in [5, 5.41) is 2.83. The van der Waals surface area contributed by atoms with E-state index in [9.17, 15) is 13.2 Å². The third-order valence-corrected chi connectivity index (χ3v) is 7.35. The van der Waals surface area contributed by atoms with E-state index in [4.69, 9.17) is 0 Å². The van der Waals surface area contributed by atoms with Gasteiger partial charge in [-0.25, -0.2) is 8.42 Å². The molecule has 1 amide bonds. The first kappa shape index (κ1) is 19.9. The molecule has 27 heavy (non-hydrogen) atoms. The van der Waals surface area contributed by atoms with Crippen molar-refractivity contribution in [3.8, 4) is 0 Å². The summed E-state index contributed by atoms with van der Waals surface area (Å²) in [4.78, 5) is 13.9. The number of carbonyl (C=O) groups excluding carboxylic acids is 1. The summed E-state index contributed by atoms with van der Waals surface area (Å²) in [5.41, 5.74) is 1.94. The summed E-state index contributed by atoms with van der Waals surface area (Å²) >= 11 is 1.57. The van der Waals surface area contributed by atoms with Crippen LogP contribution in [0.25, 0.3) is 0 Å². The van der Waals surface area contributed by atoms with Crippen molar-refractivity contribution < 1.29 is 13.2 Å². The van der Waals surface area contributed by atoms with E-state index in [-0.39, 0.29) is 10.8 Å². The van der Waals surface area contributed by atoms with Crippen LogP contribution in [0.15, 0.2) is 52.3 Å².